The van der Waals surface area contributed by atoms with Crippen LogP contribution in [-0.2, 0) is 26.2 Å². The second-order valence-corrected chi connectivity index (χ2v) is 18.2. The predicted octanol–water partition coefficient (Wildman–Crippen LogP) is 9.04. The van der Waals surface area contributed by atoms with E-state index in [1.54, 1.807) is 0 Å². The van der Waals surface area contributed by atoms with Crippen LogP contribution in [0.25, 0.3) is 0 Å². The molecule has 0 unspecified atom stereocenters. The van der Waals surface area contributed by atoms with Gasteiger partial charge in [0.25, 0.3) is 0 Å². The van der Waals surface area contributed by atoms with Crippen LogP contribution in [-0.4, -0.2) is 100 Å². The summed E-state index contributed by atoms with van der Waals surface area (Å²) in [6, 6.07) is 39.3. The number of rotatable bonds is 12. The molecule has 8 rings (SSSR count). The Hall–Kier alpha value is -4.98. The zero-order valence-corrected chi connectivity index (χ0v) is 36.6. The van der Waals surface area contributed by atoms with Crippen molar-refractivity contribution in [3.63, 3.8) is 0 Å². The highest BCUT2D eigenvalue weighted by Gasteiger charge is 2.52. The summed E-state index contributed by atoms with van der Waals surface area (Å²) in [5.41, 5.74) is 10.5. The molecule has 2 aliphatic carbocycles. The molecule has 4 aliphatic rings. The first-order valence-corrected chi connectivity index (χ1v) is 21.9. The Morgan fingerprint density at radius 1 is 0.328 bits per heavy atom. The number of anilines is 4. The Labute approximate surface area is 349 Å². The Balaban J connectivity index is 1.31. The Morgan fingerprint density at radius 3 is 0.690 bits per heavy atom. The van der Waals surface area contributed by atoms with Gasteiger partial charge in [0.2, 0.25) is 0 Å². The molecular weight excluding hydrogens is 713 g/mol. The fourth-order valence-corrected chi connectivity index (χ4v) is 10.3. The third-order valence-electron chi connectivity index (χ3n) is 13.5. The lowest BCUT2D eigenvalue weighted by Gasteiger charge is -2.36. The van der Waals surface area contributed by atoms with Crippen LogP contribution in [0.3, 0.4) is 0 Å². The van der Waals surface area contributed by atoms with E-state index in [1.165, 1.54) is 108 Å². The smallest absolute Gasteiger partial charge is 0.147 e. The van der Waals surface area contributed by atoms with Crippen molar-refractivity contribution in [1.82, 2.24) is 19.6 Å². The van der Waals surface area contributed by atoms with Gasteiger partial charge >= 0.3 is 0 Å². The monoisotopic (exact) mass is 781 g/mol. The minimum absolute atomic E-state index is 0.468. The second-order valence-electron chi connectivity index (χ2n) is 18.2. The molecule has 0 aromatic heterocycles. The largest absolute Gasteiger partial charge is 0.378 e. The highest BCUT2D eigenvalue weighted by Crippen LogP contribution is 2.48. The summed E-state index contributed by atoms with van der Waals surface area (Å²) in [6.45, 7) is 3.65. The fraction of sp³-hybridized carbons (Fsp3) is 0.480. The van der Waals surface area contributed by atoms with Crippen molar-refractivity contribution in [1.29, 1.82) is 0 Å². The lowest BCUT2D eigenvalue weighted by Crippen LogP contribution is -2.39. The summed E-state index contributed by atoms with van der Waals surface area (Å²) in [5.74, 6) is 2.91. The molecule has 308 valence electrons. The SMILES string of the molecule is CN(C)c1ccc(CN2C(=C3N(Cc4ccc(N(C)C)cc4)[C@H]4CCCC[C@@H]4N3Cc3ccc(N(C)C)cc3)N(Cc3ccc(N(C)C)cc3)[C@@H]3CCCC[C@H]32)cc1. The van der Waals surface area contributed by atoms with Crippen LogP contribution in [0.2, 0.25) is 0 Å². The van der Waals surface area contributed by atoms with Crippen LogP contribution in [0.15, 0.2) is 109 Å². The second kappa shape index (κ2) is 17.1. The standard InChI is InChI=1S/C50H68N8/c1-51(2)41-25-17-37(18-26-41)33-55-45-13-9-10-14-46(45)56(34-38-19-27-42(28-20-38)52(3)4)49(55)50-57(35-39-21-29-43(30-22-39)53(5)6)47-15-11-12-16-48(47)58(50)36-40-23-31-44(32-24-40)54(7)8/h17-32,45-48H,9-16,33-36H2,1-8H3/t45-,46-,47+,48+. The third-order valence-corrected chi connectivity index (χ3v) is 13.5. The topological polar surface area (TPSA) is 25.9 Å². The molecule has 8 heteroatoms. The van der Waals surface area contributed by atoms with Gasteiger partial charge in [-0.15, -0.1) is 0 Å². The van der Waals surface area contributed by atoms with Crippen LogP contribution >= 0.6 is 0 Å². The molecule has 0 radical (unpaired) electrons. The molecule has 2 saturated heterocycles. The first-order valence-electron chi connectivity index (χ1n) is 21.9. The van der Waals surface area contributed by atoms with E-state index < -0.39 is 0 Å². The predicted molar refractivity (Wildman–Crippen MR) is 244 cm³/mol. The summed E-state index contributed by atoms with van der Waals surface area (Å²) in [5, 5.41) is 0. The van der Waals surface area contributed by atoms with Crippen molar-refractivity contribution >= 4 is 22.7 Å². The molecule has 2 saturated carbocycles. The van der Waals surface area contributed by atoms with Crippen LogP contribution < -0.4 is 19.6 Å². The van der Waals surface area contributed by atoms with Gasteiger partial charge in [-0.3, -0.25) is 0 Å². The summed E-state index contributed by atoms with van der Waals surface area (Å²) in [7, 11) is 17.1. The third kappa shape index (κ3) is 8.17. The molecule has 0 bridgehead atoms. The van der Waals surface area contributed by atoms with Crippen molar-refractivity contribution in [3.8, 4) is 0 Å². The Kier molecular flexibility index (Phi) is 11.7. The van der Waals surface area contributed by atoms with Gasteiger partial charge in [0.1, 0.15) is 11.6 Å². The normalized spacial score (nSPS) is 21.7. The summed E-state index contributed by atoms with van der Waals surface area (Å²) < 4.78 is 0. The van der Waals surface area contributed by atoms with Crippen LogP contribution in [0.4, 0.5) is 22.7 Å². The van der Waals surface area contributed by atoms with E-state index in [-0.39, 0.29) is 0 Å². The van der Waals surface area contributed by atoms with E-state index in [4.69, 9.17) is 0 Å². The molecule has 4 aromatic carbocycles. The van der Waals surface area contributed by atoms with Gasteiger partial charge in [-0.05, 0) is 96.5 Å². The Bertz CT molecular complexity index is 1700. The lowest BCUT2D eigenvalue weighted by atomic mass is 9.90. The van der Waals surface area contributed by atoms with Crippen LogP contribution in [0, 0.1) is 0 Å². The van der Waals surface area contributed by atoms with Crippen LogP contribution in [0.5, 0.6) is 0 Å². The van der Waals surface area contributed by atoms with E-state index in [1.807, 2.05) is 0 Å². The number of hydrogen-bond acceptors (Lipinski definition) is 8. The maximum absolute atomic E-state index is 2.89. The number of hydrogen-bond donors (Lipinski definition) is 0. The van der Waals surface area contributed by atoms with E-state index in [2.05, 4.69) is 193 Å². The first kappa shape index (κ1) is 39.8. The highest BCUT2D eigenvalue weighted by atomic mass is 15.5. The van der Waals surface area contributed by atoms with Crippen LogP contribution in [0.1, 0.15) is 73.6 Å². The van der Waals surface area contributed by atoms with Gasteiger partial charge in [-0.1, -0.05) is 74.2 Å². The fourth-order valence-electron chi connectivity index (χ4n) is 10.3. The molecule has 4 fully saturated rings. The maximum Gasteiger partial charge on any atom is 0.147 e. The van der Waals surface area contributed by atoms with Crippen molar-refractivity contribution in [3.05, 3.63) is 131 Å². The highest BCUT2D eigenvalue weighted by molar-refractivity contribution is 5.49. The minimum Gasteiger partial charge on any atom is -0.378 e. The summed E-state index contributed by atoms with van der Waals surface area (Å²) in [6.07, 6.45) is 10.1. The number of nitrogens with zero attached hydrogens (tertiary/aromatic N) is 8. The lowest BCUT2D eigenvalue weighted by molar-refractivity contribution is 0.197. The van der Waals surface area contributed by atoms with Crippen molar-refractivity contribution in [2.45, 2.75) is 102 Å². The zero-order valence-electron chi connectivity index (χ0n) is 36.6. The molecule has 8 nitrogen and oxygen atoms in total. The maximum atomic E-state index is 2.89. The van der Waals surface area contributed by atoms with Crippen molar-refractivity contribution in [2.75, 3.05) is 76.0 Å². The van der Waals surface area contributed by atoms with Gasteiger partial charge in [-0.2, -0.15) is 0 Å². The van der Waals surface area contributed by atoms with E-state index >= 15 is 0 Å². The minimum atomic E-state index is 0.468. The molecule has 58 heavy (non-hydrogen) atoms. The van der Waals surface area contributed by atoms with E-state index in [0.717, 1.165) is 26.2 Å². The summed E-state index contributed by atoms with van der Waals surface area (Å²) in [4.78, 5) is 20.4. The van der Waals surface area contributed by atoms with Gasteiger partial charge in [0.15, 0.2) is 0 Å². The molecule has 0 amide bonds. The molecule has 4 atom stereocenters. The number of benzene rings is 4. The van der Waals surface area contributed by atoms with E-state index in [9.17, 15) is 0 Å². The van der Waals surface area contributed by atoms with Crippen molar-refractivity contribution < 1.29 is 0 Å². The molecule has 0 spiro atoms. The van der Waals surface area contributed by atoms with Gasteiger partial charge in [0, 0.05) is 105 Å². The van der Waals surface area contributed by atoms with Gasteiger partial charge < -0.3 is 39.2 Å². The molecule has 2 aliphatic heterocycles. The van der Waals surface area contributed by atoms with Crippen molar-refractivity contribution in [2.24, 2.45) is 0 Å². The first-order chi connectivity index (χ1) is 28.0. The average Bonchev–Trinajstić information content (AvgIpc) is 3.68. The molecule has 2 heterocycles. The van der Waals surface area contributed by atoms with Gasteiger partial charge in [0.05, 0.1) is 24.2 Å². The Morgan fingerprint density at radius 2 is 0.517 bits per heavy atom. The van der Waals surface area contributed by atoms with E-state index in [0.29, 0.717) is 24.2 Å². The summed E-state index contributed by atoms with van der Waals surface area (Å²) >= 11 is 0. The quantitative estimate of drug-likeness (QED) is 0.141. The average molecular weight is 781 g/mol. The number of fused-ring (bicyclic) bond motifs is 2. The molecular formula is C50H68N8. The zero-order chi connectivity index (χ0) is 40.5. The van der Waals surface area contributed by atoms with Gasteiger partial charge in [-0.25, -0.2) is 0 Å². The molecule has 4 aromatic rings. The molecule has 0 N–H and O–H groups in total.